The first kappa shape index (κ1) is 15.6. The van der Waals surface area contributed by atoms with E-state index in [1.807, 2.05) is 6.92 Å². The smallest absolute Gasteiger partial charge is 0.253 e. The van der Waals surface area contributed by atoms with Crippen molar-refractivity contribution in [3.8, 4) is 0 Å². The third-order valence-electron chi connectivity index (χ3n) is 2.62. The van der Waals surface area contributed by atoms with Gasteiger partial charge >= 0.3 is 0 Å². The predicted molar refractivity (Wildman–Crippen MR) is 64.0 cm³/mol. The van der Waals surface area contributed by atoms with Crippen molar-refractivity contribution in [2.45, 2.75) is 19.1 Å². The molecule has 1 fully saturated rings. The second kappa shape index (κ2) is 7.84. The fourth-order valence-electron chi connectivity index (χ4n) is 1.52. The lowest BCUT2D eigenvalue weighted by Gasteiger charge is -2.30. The maximum absolute atomic E-state index is 11.9. The quantitative estimate of drug-likeness (QED) is 0.759. The van der Waals surface area contributed by atoms with Crippen molar-refractivity contribution in [2.75, 3.05) is 40.5 Å². The van der Waals surface area contributed by atoms with E-state index in [0.717, 1.165) is 6.54 Å². The molecule has 0 aromatic rings. The fourth-order valence-corrected chi connectivity index (χ4v) is 1.52. The van der Waals surface area contributed by atoms with Crippen LogP contribution in [0.5, 0.6) is 0 Å². The van der Waals surface area contributed by atoms with Crippen molar-refractivity contribution in [1.29, 1.82) is 0 Å². The maximum Gasteiger partial charge on any atom is 0.253 e. The number of hydrogen-bond donors (Lipinski definition) is 1. The van der Waals surface area contributed by atoms with Crippen LogP contribution in [0.1, 0.15) is 6.92 Å². The Morgan fingerprint density at radius 3 is 2.88 bits per heavy atom. The number of morpholine rings is 1. The molecule has 0 bridgehead atoms. The van der Waals surface area contributed by atoms with Gasteiger partial charge in [0.2, 0.25) is 0 Å². The van der Waals surface area contributed by atoms with Gasteiger partial charge in [-0.1, -0.05) is 0 Å². The molecule has 1 aliphatic rings. The van der Waals surface area contributed by atoms with Crippen LogP contribution in [0.2, 0.25) is 0 Å². The molecule has 6 heteroatoms. The molecule has 96 valence electrons. The minimum Gasteiger partial charge on any atom is -0.383 e. The summed E-state index contributed by atoms with van der Waals surface area (Å²) in [5, 5.41) is 3.14. The summed E-state index contributed by atoms with van der Waals surface area (Å²) >= 11 is 0. The Morgan fingerprint density at radius 2 is 2.38 bits per heavy atom. The molecule has 0 aromatic carbocycles. The maximum atomic E-state index is 11.9. The normalized spacial score (nSPS) is 22.1. The van der Waals surface area contributed by atoms with Gasteiger partial charge in [0.15, 0.2) is 0 Å². The lowest BCUT2D eigenvalue weighted by atomic mass is 10.2. The average molecular weight is 253 g/mol. The van der Waals surface area contributed by atoms with Crippen LogP contribution in [0.3, 0.4) is 0 Å². The number of likely N-dealkylation sites (N-methyl/N-ethyl adjacent to an activating group) is 1. The van der Waals surface area contributed by atoms with Gasteiger partial charge in [-0.25, -0.2) is 0 Å². The number of ether oxygens (including phenoxy) is 2. The van der Waals surface area contributed by atoms with Gasteiger partial charge < -0.3 is 19.7 Å². The molecule has 1 saturated heterocycles. The van der Waals surface area contributed by atoms with E-state index in [9.17, 15) is 4.79 Å². The van der Waals surface area contributed by atoms with Crippen LogP contribution in [0.4, 0.5) is 0 Å². The lowest BCUT2D eigenvalue weighted by Crippen LogP contribution is -2.51. The van der Waals surface area contributed by atoms with Crippen LogP contribution in [-0.4, -0.2) is 63.4 Å². The van der Waals surface area contributed by atoms with E-state index in [-0.39, 0.29) is 30.5 Å². The molecule has 1 heterocycles. The zero-order valence-corrected chi connectivity index (χ0v) is 10.9. The Balaban J connectivity index is 0.00000225. The predicted octanol–water partition coefficient (Wildman–Crippen LogP) is -0.110. The molecule has 1 rings (SSSR count). The number of hydrogen-bond acceptors (Lipinski definition) is 4. The molecule has 2 atom stereocenters. The number of carbonyl (C=O) groups is 1. The van der Waals surface area contributed by atoms with Crippen LogP contribution in [0, 0.1) is 0 Å². The zero-order chi connectivity index (χ0) is 11.3. The van der Waals surface area contributed by atoms with Gasteiger partial charge in [-0.15, -0.1) is 12.4 Å². The first-order valence-electron chi connectivity index (χ1n) is 5.24. The third-order valence-corrected chi connectivity index (χ3v) is 2.62. The summed E-state index contributed by atoms with van der Waals surface area (Å²) in [5.41, 5.74) is 0. The number of halogens is 1. The summed E-state index contributed by atoms with van der Waals surface area (Å²) in [6.07, 6.45) is -0.344. The van der Waals surface area contributed by atoms with E-state index < -0.39 is 0 Å². The van der Waals surface area contributed by atoms with Gasteiger partial charge in [-0.3, -0.25) is 4.79 Å². The van der Waals surface area contributed by atoms with Crippen LogP contribution in [0.15, 0.2) is 0 Å². The monoisotopic (exact) mass is 252 g/mol. The van der Waals surface area contributed by atoms with Crippen molar-refractivity contribution in [2.24, 2.45) is 0 Å². The van der Waals surface area contributed by atoms with E-state index in [0.29, 0.717) is 19.8 Å². The molecule has 5 nitrogen and oxygen atoms in total. The largest absolute Gasteiger partial charge is 0.383 e. The molecule has 1 N–H and O–H groups in total. The van der Waals surface area contributed by atoms with Crippen LogP contribution in [0.25, 0.3) is 0 Å². The standard InChI is InChI=1S/C10H20N2O3.ClH/c1-8(7-14-3)12(2)10(13)9-6-11-4-5-15-9;/h8-9,11H,4-7H2,1-3H3;1H/t8?,9-;/m0./s1. The fraction of sp³-hybridized carbons (Fsp3) is 0.900. The molecule has 16 heavy (non-hydrogen) atoms. The Hall–Kier alpha value is -0.360. The molecular formula is C10H21ClN2O3. The molecule has 0 saturated carbocycles. The summed E-state index contributed by atoms with van der Waals surface area (Å²) in [6, 6.07) is 0.0769. The number of amides is 1. The minimum atomic E-state index is -0.344. The van der Waals surface area contributed by atoms with Gasteiger partial charge in [-0.2, -0.15) is 0 Å². The van der Waals surface area contributed by atoms with Crippen molar-refractivity contribution in [3.63, 3.8) is 0 Å². The number of nitrogens with one attached hydrogen (secondary N) is 1. The van der Waals surface area contributed by atoms with E-state index in [1.165, 1.54) is 0 Å². The van der Waals surface area contributed by atoms with Crippen molar-refractivity contribution in [3.05, 3.63) is 0 Å². The van der Waals surface area contributed by atoms with E-state index in [1.54, 1.807) is 19.1 Å². The summed E-state index contributed by atoms with van der Waals surface area (Å²) in [6.45, 7) is 4.52. The molecule has 0 radical (unpaired) electrons. The molecule has 1 aliphatic heterocycles. The number of carbonyl (C=O) groups excluding carboxylic acids is 1. The third kappa shape index (κ3) is 4.25. The number of methoxy groups -OCH3 is 1. The summed E-state index contributed by atoms with van der Waals surface area (Å²) in [5.74, 6) is 0.0201. The van der Waals surface area contributed by atoms with Gasteiger partial charge in [0.25, 0.3) is 5.91 Å². The van der Waals surface area contributed by atoms with Crippen LogP contribution >= 0.6 is 12.4 Å². The molecule has 0 aliphatic carbocycles. The summed E-state index contributed by atoms with van der Waals surface area (Å²) < 4.78 is 10.4. The molecule has 1 amide bonds. The Morgan fingerprint density at radius 1 is 1.69 bits per heavy atom. The van der Waals surface area contributed by atoms with E-state index in [4.69, 9.17) is 9.47 Å². The van der Waals surface area contributed by atoms with Gasteiger partial charge in [0, 0.05) is 27.2 Å². The Labute approximate surface area is 103 Å². The summed E-state index contributed by atoms with van der Waals surface area (Å²) in [7, 11) is 3.41. The highest BCUT2D eigenvalue weighted by Gasteiger charge is 2.27. The second-order valence-corrected chi connectivity index (χ2v) is 3.82. The number of nitrogens with zero attached hydrogens (tertiary/aromatic N) is 1. The molecule has 0 aromatic heterocycles. The van der Waals surface area contributed by atoms with Crippen molar-refractivity contribution >= 4 is 18.3 Å². The van der Waals surface area contributed by atoms with Crippen LogP contribution in [-0.2, 0) is 14.3 Å². The van der Waals surface area contributed by atoms with Gasteiger partial charge in [0.1, 0.15) is 6.10 Å². The molecule has 1 unspecified atom stereocenters. The Bertz CT molecular complexity index is 210. The highest BCUT2D eigenvalue weighted by atomic mass is 35.5. The first-order valence-corrected chi connectivity index (χ1v) is 5.24. The van der Waals surface area contributed by atoms with Crippen molar-refractivity contribution < 1.29 is 14.3 Å². The highest BCUT2D eigenvalue weighted by Crippen LogP contribution is 2.04. The lowest BCUT2D eigenvalue weighted by molar-refractivity contribution is -0.146. The van der Waals surface area contributed by atoms with Crippen molar-refractivity contribution in [1.82, 2.24) is 10.2 Å². The first-order chi connectivity index (χ1) is 7.16. The van der Waals surface area contributed by atoms with Gasteiger partial charge in [0.05, 0.1) is 19.3 Å². The summed E-state index contributed by atoms with van der Waals surface area (Å²) in [4.78, 5) is 13.6. The molecule has 0 spiro atoms. The molecular weight excluding hydrogens is 232 g/mol. The SMILES string of the molecule is COCC(C)N(C)C(=O)[C@@H]1CNCCO1.Cl. The Kier molecular flexibility index (Phi) is 7.66. The van der Waals surface area contributed by atoms with E-state index in [2.05, 4.69) is 5.32 Å². The topological polar surface area (TPSA) is 50.8 Å². The highest BCUT2D eigenvalue weighted by molar-refractivity contribution is 5.85. The average Bonchev–Trinajstić information content (AvgIpc) is 2.28. The number of rotatable bonds is 4. The van der Waals surface area contributed by atoms with E-state index >= 15 is 0 Å². The zero-order valence-electron chi connectivity index (χ0n) is 10.1. The second-order valence-electron chi connectivity index (χ2n) is 3.82. The van der Waals surface area contributed by atoms with Crippen LogP contribution < -0.4 is 5.32 Å². The van der Waals surface area contributed by atoms with Gasteiger partial charge in [-0.05, 0) is 6.92 Å². The minimum absolute atomic E-state index is 0.